The van der Waals surface area contributed by atoms with Gasteiger partial charge in [-0.25, -0.2) is 0 Å². The molecule has 2 atom stereocenters. The normalized spacial score (nSPS) is 24.5. The van der Waals surface area contributed by atoms with Gasteiger partial charge in [-0.15, -0.1) is 0 Å². The van der Waals surface area contributed by atoms with Gasteiger partial charge in [-0.2, -0.15) is 0 Å². The van der Waals surface area contributed by atoms with Crippen molar-refractivity contribution in [1.82, 2.24) is 10.6 Å². The van der Waals surface area contributed by atoms with Crippen LogP contribution in [-0.4, -0.2) is 45.4 Å². The Morgan fingerprint density at radius 2 is 2.05 bits per heavy atom. The Kier molecular flexibility index (Phi) is 5.16. The fraction of sp³-hybridized carbons (Fsp3) is 0.588. The maximum atomic E-state index is 5.71. The monoisotopic (exact) mass is 303 g/mol. The highest BCUT2D eigenvalue weighted by Gasteiger charge is 2.21. The fourth-order valence-corrected chi connectivity index (χ4v) is 3.08. The third-order valence-electron chi connectivity index (χ3n) is 4.34. The summed E-state index contributed by atoms with van der Waals surface area (Å²) in [6.45, 7) is 3.36. The molecule has 22 heavy (non-hydrogen) atoms. The van der Waals surface area contributed by atoms with Crippen LogP contribution in [0.25, 0.3) is 0 Å². The Labute approximate surface area is 132 Å². The largest absolute Gasteiger partial charge is 0.493 e. The summed E-state index contributed by atoms with van der Waals surface area (Å²) in [5.41, 5.74) is 1.29. The first kappa shape index (κ1) is 15.2. The van der Waals surface area contributed by atoms with E-state index in [1.54, 1.807) is 0 Å². The van der Waals surface area contributed by atoms with Crippen molar-refractivity contribution in [2.75, 3.05) is 33.4 Å². The maximum absolute atomic E-state index is 5.71. The lowest BCUT2D eigenvalue weighted by molar-refractivity contribution is 0.114. The standard InChI is InChI=1S/C17H25N3O2/c1-18-17(20-12-14-5-4-9-21-14)19-11-13-8-10-22-16-7-3-2-6-15(13)16/h2-3,6-7,13-14H,4-5,8-12H2,1H3,(H2,18,19,20). The molecule has 0 bridgehead atoms. The average molecular weight is 303 g/mol. The third-order valence-corrected chi connectivity index (χ3v) is 4.34. The van der Waals surface area contributed by atoms with Gasteiger partial charge in [0.2, 0.25) is 0 Å². The Hall–Kier alpha value is -1.75. The zero-order valence-electron chi connectivity index (χ0n) is 13.2. The lowest BCUT2D eigenvalue weighted by atomic mass is 9.93. The van der Waals surface area contributed by atoms with Crippen LogP contribution in [0.5, 0.6) is 5.75 Å². The second-order valence-corrected chi connectivity index (χ2v) is 5.84. The molecule has 5 nitrogen and oxygen atoms in total. The zero-order valence-corrected chi connectivity index (χ0v) is 13.2. The first-order valence-corrected chi connectivity index (χ1v) is 8.14. The molecule has 5 heteroatoms. The van der Waals surface area contributed by atoms with Crippen LogP contribution < -0.4 is 15.4 Å². The molecule has 0 aromatic heterocycles. The summed E-state index contributed by atoms with van der Waals surface area (Å²) < 4.78 is 11.3. The first-order chi connectivity index (χ1) is 10.9. The SMILES string of the molecule is CN=C(NCC1CCCO1)NCC1CCOc2ccccc21. The van der Waals surface area contributed by atoms with E-state index in [4.69, 9.17) is 9.47 Å². The highest BCUT2D eigenvalue weighted by Crippen LogP contribution is 2.32. The van der Waals surface area contributed by atoms with Crippen molar-refractivity contribution >= 4 is 5.96 Å². The second-order valence-electron chi connectivity index (χ2n) is 5.84. The molecule has 2 unspecified atom stereocenters. The number of para-hydroxylation sites is 1. The molecule has 0 spiro atoms. The number of benzene rings is 1. The average Bonchev–Trinajstić information content (AvgIpc) is 3.08. The van der Waals surface area contributed by atoms with E-state index in [9.17, 15) is 0 Å². The molecule has 0 radical (unpaired) electrons. The number of nitrogens with one attached hydrogen (secondary N) is 2. The molecular formula is C17H25N3O2. The smallest absolute Gasteiger partial charge is 0.191 e. The third kappa shape index (κ3) is 3.71. The lowest BCUT2D eigenvalue weighted by Crippen LogP contribution is -2.42. The molecule has 3 rings (SSSR count). The molecule has 1 fully saturated rings. The second kappa shape index (κ2) is 7.49. The summed E-state index contributed by atoms with van der Waals surface area (Å²) in [5, 5.41) is 6.79. The van der Waals surface area contributed by atoms with Gasteiger partial charge in [0, 0.05) is 32.7 Å². The number of guanidine groups is 1. The summed E-state index contributed by atoms with van der Waals surface area (Å²) in [6, 6.07) is 8.30. The Balaban J connectivity index is 1.50. The van der Waals surface area contributed by atoms with Gasteiger partial charge in [-0.05, 0) is 30.9 Å². The molecule has 0 amide bonds. The first-order valence-electron chi connectivity index (χ1n) is 8.14. The van der Waals surface area contributed by atoms with E-state index in [2.05, 4.69) is 27.8 Å². The minimum Gasteiger partial charge on any atom is -0.493 e. The minimum atomic E-state index is 0.322. The van der Waals surface area contributed by atoms with Gasteiger partial charge in [0.15, 0.2) is 5.96 Å². The van der Waals surface area contributed by atoms with Crippen LogP contribution in [0.3, 0.4) is 0 Å². The molecule has 2 N–H and O–H groups in total. The van der Waals surface area contributed by atoms with Gasteiger partial charge in [0.25, 0.3) is 0 Å². The Morgan fingerprint density at radius 1 is 1.18 bits per heavy atom. The molecule has 1 saturated heterocycles. The number of rotatable bonds is 4. The van der Waals surface area contributed by atoms with Gasteiger partial charge in [0.05, 0.1) is 12.7 Å². The molecule has 0 aliphatic carbocycles. The number of fused-ring (bicyclic) bond motifs is 1. The minimum absolute atomic E-state index is 0.322. The van der Waals surface area contributed by atoms with E-state index in [0.29, 0.717) is 12.0 Å². The summed E-state index contributed by atoms with van der Waals surface area (Å²) in [7, 11) is 1.81. The topological polar surface area (TPSA) is 54.9 Å². The molecular weight excluding hydrogens is 278 g/mol. The fourth-order valence-electron chi connectivity index (χ4n) is 3.08. The number of hydrogen-bond acceptors (Lipinski definition) is 3. The van der Waals surface area contributed by atoms with Crippen molar-refractivity contribution in [2.45, 2.75) is 31.3 Å². The van der Waals surface area contributed by atoms with Crippen molar-refractivity contribution in [1.29, 1.82) is 0 Å². The van der Waals surface area contributed by atoms with Crippen LogP contribution in [0.1, 0.15) is 30.7 Å². The summed E-state index contributed by atoms with van der Waals surface area (Å²) in [6.07, 6.45) is 3.66. The van der Waals surface area contributed by atoms with Crippen LogP contribution in [0.2, 0.25) is 0 Å². The molecule has 1 aromatic rings. The van der Waals surface area contributed by atoms with Gasteiger partial charge in [-0.3, -0.25) is 4.99 Å². The highest BCUT2D eigenvalue weighted by atomic mass is 16.5. The van der Waals surface area contributed by atoms with Crippen molar-refractivity contribution in [3.63, 3.8) is 0 Å². The summed E-state index contributed by atoms with van der Waals surface area (Å²) in [4.78, 5) is 4.30. The Bertz CT molecular complexity index is 512. The molecule has 0 saturated carbocycles. The molecule has 1 aromatic carbocycles. The highest BCUT2D eigenvalue weighted by molar-refractivity contribution is 5.79. The summed E-state index contributed by atoms with van der Waals surface area (Å²) in [5.74, 6) is 2.33. The van der Waals surface area contributed by atoms with Gasteiger partial charge < -0.3 is 20.1 Å². The van der Waals surface area contributed by atoms with E-state index in [1.807, 2.05) is 19.2 Å². The van der Waals surface area contributed by atoms with Crippen LogP contribution in [0, 0.1) is 0 Å². The van der Waals surface area contributed by atoms with Gasteiger partial charge >= 0.3 is 0 Å². The maximum Gasteiger partial charge on any atom is 0.191 e. The molecule has 120 valence electrons. The quantitative estimate of drug-likeness (QED) is 0.659. The van der Waals surface area contributed by atoms with Gasteiger partial charge in [-0.1, -0.05) is 18.2 Å². The molecule has 2 aliphatic heterocycles. The van der Waals surface area contributed by atoms with E-state index < -0.39 is 0 Å². The van der Waals surface area contributed by atoms with Crippen LogP contribution in [0.4, 0.5) is 0 Å². The Morgan fingerprint density at radius 3 is 2.86 bits per heavy atom. The van der Waals surface area contributed by atoms with E-state index >= 15 is 0 Å². The predicted molar refractivity (Wildman–Crippen MR) is 87.6 cm³/mol. The van der Waals surface area contributed by atoms with Crippen molar-refractivity contribution < 1.29 is 9.47 Å². The predicted octanol–water partition coefficient (Wildman–Crippen LogP) is 1.90. The number of hydrogen-bond donors (Lipinski definition) is 2. The van der Waals surface area contributed by atoms with E-state index in [0.717, 1.165) is 57.3 Å². The van der Waals surface area contributed by atoms with Crippen LogP contribution in [0.15, 0.2) is 29.3 Å². The van der Waals surface area contributed by atoms with Crippen molar-refractivity contribution in [3.8, 4) is 5.75 Å². The number of nitrogens with zero attached hydrogens (tertiary/aromatic N) is 1. The zero-order chi connectivity index (χ0) is 15.2. The number of aliphatic imine (C=N–C) groups is 1. The van der Waals surface area contributed by atoms with Crippen molar-refractivity contribution in [3.05, 3.63) is 29.8 Å². The van der Waals surface area contributed by atoms with Crippen molar-refractivity contribution in [2.24, 2.45) is 4.99 Å². The molecule has 2 heterocycles. The lowest BCUT2D eigenvalue weighted by Gasteiger charge is -2.26. The number of ether oxygens (including phenoxy) is 2. The summed E-state index contributed by atoms with van der Waals surface area (Å²) >= 11 is 0. The van der Waals surface area contributed by atoms with Gasteiger partial charge in [0.1, 0.15) is 5.75 Å². The van der Waals surface area contributed by atoms with Crippen LogP contribution in [-0.2, 0) is 4.74 Å². The molecule has 2 aliphatic rings. The van der Waals surface area contributed by atoms with Crippen LogP contribution >= 0.6 is 0 Å². The van der Waals surface area contributed by atoms with E-state index in [1.165, 1.54) is 5.56 Å². The van der Waals surface area contributed by atoms with E-state index in [-0.39, 0.29) is 0 Å².